The Morgan fingerprint density at radius 3 is 2.57 bits per heavy atom. The van der Waals surface area contributed by atoms with Gasteiger partial charge in [-0.2, -0.15) is 0 Å². The first-order valence-corrected chi connectivity index (χ1v) is 7.60. The van der Waals surface area contributed by atoms with Gasteiger partial charge in [-0.3, -0.25) is 0 Å². The summed E-state index contributed by atoms with van der Waals surface area (Å²) in [6, 6.07) is 7.05. The van der Waals surface area contributed by atoms with Crippen LogP contribution in [0, 0.1) is 13.8 Å². The van der Waals surface area contributed by atoms with E-state index in [1.807, 2.05) is 45.0 Å². The van der Waals surface area contributed by atoms with Crippen LogP contribution < -0.4 is 15.4 Å². The van der Waals surface area contributed by atoms with Crippen molar-refractivity contribution in [3.63, 3.8) is 0 Å². The summed E-state index contributed by atoms with van der Waals surface area (Å²) in [4.78, 5) is 17.3. The number of aryl methyl sites for hydroxylation is 2. The first-order chi connectivity index (χ1) is 10.1. The normalized spacial score (nSPS) is 10.2. The number of aromatic nitrogens is 1. The second-order valence-electron chi connectivity index (χ2n) is 4.51. The molecule has 6 heteroatoms. The molecule has 0 saturated carbocycles. The summed E-state index contributed by atoms with van der Waals surface area (Å²) in [5, 5.41) is 6.63. The number of amides is 2. The van der Waals surface area contributed by atoms with Crippen LogP contribution in [0.3, 0.4) is 0 Å². The molecule has 5 nitrogen and oxygen atoms in total. The van der Waals surface area contributed by atoms with Gasteiger partial charge in [-0.25, -0.2) is 9.78 Å². The smallest absolute Gasteiger partial charge is 0.319 e. The molecule has 0 spiro atoms. The third kappa shape index (κ3) is 4.46. The van der Waals surface area contributed by atoms with E-state index < -0.39 is 0 Å². The summed E-state index contributed by atoms with van der Waals surface area (Å²) < 4.78 is 5.35. The van der Waals surface area contributed by atoms with Crippen LogP contribution in [-0.4, -0.2) is 17.6 Å². The van der Waals surface area contributed by atoms with Gasteiger partial charge in [-0.1, -0.05) is 0 Å². The van der Waals surface area contributed by atoms with E-state index in [2.05, 4.69) is 15.6 Å². The van der Waals surface area contributed by atoms with Gasteiger partial charge in [0.2, 0.25) is 0 Å². The van der Waals surface area contributed by atoms with Gasteiger partial charge in [-0.15, -0.1) is 11.3 Å². The van der Waals surface area contributed by atoms with Crippen LogP contribution in [0.15, 0.2) is 24.3 Å². The molecule has 0 atom stereocenters. The van der Waals surface area contributed by atoms with Crippen molar-refractivity contribution in [2.75, 3.05) is 11.9 Å². The minimum Gasteiger partial charge on any atom is -0.494 e. The van der Waals surface area contributed by atoms with Crippen molar-refractivity contribution in [2.45, 2.75) is 27.3 Å². The fourth-order valence-corrected chi connectivity index (χ4v) is 2.75. The Kier molecular flexibility index (Phi) is 5.16. The number of hydrogen-bond donors (Lipinski definition) is 2. The summed E-state index contributed by atoms with van der Waals surface area (Å²) in [6.07, 6.45) is 0. The van der Waals surface area contributed by atoms with E-state index in [0.29, 0.717) is 13.2 Å². The van der Waals surface area contributed by atoms with E-state index in [4.69, 9.17) is 4.74 Å². The van der Waals surface area contributed by atoms with E-state index in [0.717, 1.165) is 27.0 Å². The topological polar surface area (TPSA) is 63.2 Å². The number of anilines is 1. The lowest BCUT2D eigenvalue weighted by atomic mass is 10.3. The zero-order valence-corrected chi connectivity index (χ0v) is 13.2. The summed E-state index contributed by atoms with van der Waals surface area (Å²) >= 11 is 1.60. The molecule has 1 heterocycles. The molecular formula is C15H19N3O2S. The van der Waals surface area contributed by atoms with Crippen LogP contribution in [0.25, 0.3) is 0 Å². The lowest BCUT2D eigenvalue weighted by molar-refractivity contribution is 0.252. The first kappa shape index (κ1) is 15.3. The van der Waals surface area contributed by atoms with Crippen LogP contribution in [0.1, 0.15) is 22.5 Å². The van der Waals surface area contributed by atoms with Gasteiger partial charge in [0.1, 0.15) is 5.75 Å². The van der Waals surface area contributed by atoms with Gasteiger partial charge in [0.15, 0.2) is 0 Å². The monoisotopic (exact) mass is 305 g/mol. The molecule has 2 aromatic rings. The molecule has 2 amide bonds. The van der Waals surface area contributed by atoms with Crippen molar-refractivity contribution in [3.8, 4) is 5.75 Å². The summed E-state index contributed by atoms with van der Waals surface area (Å²) in [6.45, 7) is 6.95. The van der Waals surface area contributed by atoms with Crippen molar-refractivity contribution in [3.05, 3.63) is 39.8 Å². The van der Waals surface area contributed by atoms with Crippen molar-refractivity contribution >= 4 is 23.1 Å². The Bertz CT molecular complexity index is 608. The Morgan fingerprint density at radius 1 is 1.29 bits per heavy atom. The third-order valence-corrected chi connectivity index (χ3v) is 3.91. The molecule has 0 unspecified atom stereocenters. The van der Waals surface area contributed by atoms with Crippen LogP contribution in [-0.2, 0) is 6.54 Å². The molecule has 0 bridgehead atoms. The molecule has 0 aliphatic carbocycles. The Labute approximate surface area is 128 Å². The number of carbonyl (C=O) groups is 1. The molecule has 112 valence electrons. The molecule has 1 aromatic carbocycles. The van der Waals surface area contributed by atoms with Gasteiger partial charge >= 0.3 is 6.03 Å². The standard InChI is InChI=1S/C15H19N3O2S/c1-4-20-13-7-5-12(6-8-13)18-15(19)16-9-14-10(2)17-11(3)21-14/h5-8H,4,9H2,1-3H3,(H2,16,18,19). The van der Waals surface area contributed by atoms with E-state index in [-0.39, 0.29) is 6.03 Å². The fraction of sp³-hybridized carbons (Fsp3) is 0.333. The highest BCUT2D eigenvalue weighted by atomic mass is 32.1. The number of hydrogen-bond acceptors (Lipinski definition) is 4. The van der Waals surface area contributed by atoms with Crippen molar-refractivity contribution in [1.29, 1.82) is 0 Å². The highest BCUT2D eigenvalue weighted by Crippen LogP contribution is 2.17. The number of nitrogens with zero attached hydrogens (tertiary/aromatic N) is 1. The molecule has 0 aliphatic heterocycles. The molecule has 0 radical (unpaired) electrons. The van der Waals surface area contributed by atoms with Crippen molar-refractivity contribution < 1.29 is 9.53 Å². The summed E-state index contributed by atoms with van der Waals surface area (Å²) in [5.74, 6) is 0.791. The van der Waals surface area contributed by atoms with E-state index >= 15 is 0 Å². The van der Waals surface area contributed by atoms with Crippen LogP contribution in [0.5, 0.6) is 5.75 Å². The van der Waals surface area contributed by atoms with Crippen LogP contribution in [0.4, 0.5) is 10.5 Å². The van der Waals surface area contributed by atoms with Crippen LogP contribution >= 0.6 is 11.3 Å². The van der Waals surface area contributed by atoms with Gasteiger partial charge < -0.3 is 15.4 Å². The maximum absolute atomic E-state index is 11.8. The average molecular weight is 305 g/mol. The number of ether oxygens (including phenoxy) is 1. The second kappa shape index (κ2) is 7.08. The average Bonchev–Trinajstić information content (AvgIpc) is 2.77. The highest BCUT2D eigenvalue weighted by molar-refractivity contribution is 7.11. The Balaban J connectivity index is 1.85. The third-order valence-electron chi connectivity index (χ3n) is 2.83. The highest BCUT2D eigenvalue weighted by Gasteiger charge is 2.07. The minimum absolute atomic E-state index is 0.232. The molecule has 1 aromatic heterocycles. The lowest BCUT2D eigenvalue weighted by Gasteiger charge is -2.08. The zero-order valence-electron chi connectivity index (χ0n) is 12.4. The molecule has 0 aliphatic rings. The Morgan fingerprint density at radius 2 is 2.00 bits per heavy atom. The second-order valence-corrected chi connectivity index (χ2v) is 5.79. The molecule has 0 fully saturated rings. The van der Waals surface area contributed by atoms with Crippen molar-refractivity contribution in [1.82, 2.24) is 10.3 Å². The number of nitrogens with one attached hydrogen (secondary N) is 2. The number of rotatable bonds is 5. The van der Waals surface area contributed by atoms with Crippen molar-refractivity contribution in [2.24, 2.45) is 0 Å². The summed E-state index contributed by atoms with van der Waals surface area (Å²) in [7, 11) is 0. The lowest BCUT2D eigenvalue weighted by Crippen LogP contribution is -2.28. The van der Waals surface area contributed by atoms with E-state index in [1.165, 1.54) is 0 Å². The SMILES string of the molecule is CCOc1ccc(NC(=O)NCc2sc(C)nc2C)cc1. The fourth-order valence-electron chi connectivity index (χ4n) is 1.87. The quantitative estimate of drug-likeness (QED) is 0.889. The number of thiazole rings is 1. The number of benzene rings is 1. The maximum Gasteiger partial charge on any atom is 0.319 e. The number of urea groups is 1. The van der Waals surface area contributed by atoms with E-state index in [9.17, 15) is 4.79 Å². The minimum atomic E-state index is -0.232. The van der Waals surface area contributed by atoms with E-state index in [1.54, 1.807) is 11.3 Å². The first-order valence-electron chi connectivity index (χ1n) is 6.79. The molecule has 0 saturated heterocycles. The maximum atomic E-state index is 11.8. The molecule has 2 rings (SSSR count). The van der Waals surface area contributed by atoms with Gasteiger partial charge in [-0.05, 0) is 45.0 Å². The zero-order chi connectivity index (χ0) is 15.2. The largest absolute Gasteiger partial charge is 0.494 e. The van der Waals surface area contributed by atoms with Gasteiger partial charge in [0.05, 0.1) is 23.9 Å². The van der Waals surface area contributed by atoms with Crippen LogP contribution in [0.2, 0.25) is 0 Å². The Hall–Kier alpha value is -2.08. The molecule has 2 N–H and O–H groups in total. The molecular weight excluding hydrogens is 286 g/mol. The van der Waals surface area contributed by atoms with Gasteiger partial charge in [0, 0.05) is 10.6 Å². The van der Waals surface area contributed by atoms with Gasteiger partial charge in [0.25, 0.3) is 0 Å². The predicted molar refractivity (Wildman–Crippen MR) is 85.1 cm³/mol. The molecule has 21 heavy (non-hydrogen) atoms. The summed E-state index contributed by atoms with van der Waals surface area (Å²) in [5.41, 5.74) is 1.70. The predicted octanol–water partition coefficient (Wildman–Crippen LogP) is 3.48. The number of carbonyl (C=O) groups excluding carboxylic acids is 1.